The predicted molar refractivity (Wildman–Crippen MR) is 66.0 cm³/mol. The largest absolute Gasteiger partial charge is 0.504 e. The van der Waals surface area contributed by atoms with Gasteiger partial charge in [-0.2, -0.15) is 0 Å². The van der Waals surface area contributed by atoms with E-state index in [1.807, 2.05) is 0 Å². The first kappa shape index (κ1) is 10.0. The van der Waals surface area contributed by atoms with E-state index in [0.717, 1.165) is 9.40 Å². The minimum atomic E-state index is -0.283. The number of hydrogen-bond donors (Lipinski definition) is 4. The summed E-state index contributed by atoms with van der Waals surface area (Å²) in [4.78, 5) is 0. The van der Waals surface area contributed by atoms with Crippen LogP contribution in [0.5, 0.6) is 23.0 Å². The van der Waals surface area contributed by atoms with Crippen molar-refractivity contribution in [2.75, 3.05) is 0 Å². The minimum absolute atomic E-state index is 0.250. The van der Waals surface area contributed by atoms with Crippen LogP contribution in [-0.2, 0) is 0 Å². The molecule has 0 bridgehead atoms. The summed E-state index contributed by atoms with van der Waals surface area (Å²) in [5, 5.41) is 39.3. The maximum Gasteiger partial charge on any atom is 0.167 e. The van der Waals surface area contributed by atoms with E-state index in [2.05, 4.69) is 0 Å². The molecule has 3 rings (SSSR count). The van der Waals surface area contributed by atoms with Gasteiger partial charge in [-0.25, -0.2) is 0 Å². The molecule has 3 aromatic rings. The Labute approximate surface area is 99.6 Å². The van der Waals surface area contributed by atoms with E-state index in [9.17, 15) is 20.4 Å². The first-order valence-corrected chi connectivity index (χ1v) is 5.69. The topological polar surface area (TPSA) is 80.9 Å². The third-order valence-electron chi connectivity index (χ3n) is 2.71. The van der Waals surface area contributed by atoms with Crippen LogP contribution in [0.1, 0.15) is 0 Å². The van der Waals surface area contributed by atoms with Crippen LogP contribution in [0, 0.1) is 0 Å². The van der Waals surface area contributed by atoms with E-state index in [4.69, 9.17) is 0 Å². The third kappa shape index (κ3) is 1.23. The van der Waals surface area contributed by atoms with Gasteiger partial charge in [0.2, 0.25) is 0 Å². The summed E-state index contributed by atoms with van der Waals surface area (Å²) in [6.07, 6.45) is 0. The van der Waals surface area contributed by atoms with Crippen molar-refractivity contribution in [3.63, 3.8) is 0 Å². The molecule has 4 N–H and O–H groups in total. The number of fused-ring (bicyclic) bond motifs is 3. The number of rotatable bonds is 0. The highest BCUT2D eigenvalue weighted by Gasteiger charge is 2.16. The van der Waals surface area contributed by atoms with Crippen molar-refractivity contribution in [1.29, 1.82) is 0 Å². The molecule has 0 spiro atoms. The molecule has 1 aromatic heterocycles. The molecule has 0 aliphatic heterocycles. The van der Waals surface area contributed by atoms with Gasteiger partial charge in [0.1, 0.15) is 0 Å². The van der Waals surface area contributed by atoms with Crippen LogP contribution in [0.2, 0.25) is 0 Å². The molecular weight excluding hydrogens is 240 g/mol. The van der Waals surface area contributed by atoms with E-state index in [1.54, 1.807) is 12.1 Å². The van der Waals surface area contributed by atoms with E-state index < -0.39 is 0 Å². The number of aromatic hydroxyl groups is 4. The monoisotopic (exact) mass is 248 g/mol. The fourth-order valence-electron chi connectivity index (χ4n) is 1.90. The zero-order valence-electron chi connectivity index (χ0n) is 8.51. The average Bonchev–Trinajstić information content (AvgIpc) is 2.69. The maximum atomic E-state index is 9.82. The van der Waals surface area contributed by atoms with Gasteiger partial charge in [0.25, 0.3) is 0 Å². The summed E-state index contributed by atoms with van der Waals surface area (Å²) in [5.74, 6) is -1.07. The second-order valence-corrected chi connectivity index (χ2v) is 4.80. The molecule has 0 saturated heterocycles. The molecule has 1 heterocycles. The Hall–Kier alpha value is -2.14. The van der Waals surface area contributed by atoms with Crippen molar-refractivity contribution in [2.45, 2.75) is 0 Å². The molecule has 0 saturated carbocycles. The average molecular weight is 248 g/mol. The lowest BCUT2D eigenvalue weighted by atomic mass is 10.1. The molecule has 0 unspecified atom stereocenters. The quantitative estimate of drug-likeness (QED) is 0.461. The highest BCUT2D eigenvalue weighted by atomic mass is 32.1. The van der Waals surface area contributed by atoms with Gasteiger partial charge in [-0.1, -0.05) is 0 Å². The Balaban J connectivity index is 2.65. The zero-order chi connectivity index (χ0) is 12.2. The van der Waals surface area contributed by atoms with Crippen molar-refractivity contribution in [3.05, 3.63) is 24.3 Å². The molecule has 0 aliphatic rings. The zero-order valence-corrected chi connectivity index (χ0v) is 9.32. The molecule has 0 amide bonds. The SMILES string of the molecule is Oc1ccc2sc3ccc(O)c(O)c3c2c1O. The Kier molecular flexibility index (Phi) is 1.88. The van der Waals surface area contributed by atoms with Gasteiger partial charge < -0.3 is 20.4 Å². The molecule has 2 aromatic carbocycles. The lowest BCUT2D eigenvalue weighted by Crippen LogP contribution is -1.73. The summed E-state index contributed by atoms with van der Waals surface area (Å²) >= 11 is 1.37. The van der Waals surface area contributed by atoms with Gasteiger partial charge >= 0.3 is 0 Å². The summed E-state index contributed by atoms with van der Waals surface area (Å²) in [6, 6.07) is 6.10. The standard InChI is InChI=1S/C12H8O4S/c13-5-1-3-7-9(11(5)15)10-8(17-7)4-2-6(14)12(10)16/h1-4,13-16H. The molecule has 0 atom stereocenters. The first-order valence-electron chi connectivity index (χ1n) is 4.87. The number of hydrogen-bond acceptors (Lipinski definition) is 5. The molecule has 86 valence electrons. The van der Waals surface area contributed by atoms with Crippen LogP contribution in [0.4, 0.5) is 0 Å². The van der Waals surface area contributed by atoms with Crippen LogP contribution in [0.25, 0.3) is 20.2 Å². The van der Waals surface area contributed by atoms with Gasteiger partial charge in [0.05, 0.1) is 0 Å². The van der Waals surface area contributed by atoms with Crippen molar-refractivity contribution in [2.24, 2.45) is 0 Å². The van der Waals surface area contributed by atoms with Crippen molar-refractivity contribution in [3.8, 4) is 23.0 Å². The fraction of sp³-hybridized carbons (Fsp3) is 0. The van der Waals surface area contributed by atoms with Crippen molar-refractivity contribution < 1.29 is 20.4 Å². The summed E-state index contributed by atoms with van der Waals surface area (Å²) in [7, 11) is 0. The second kappa shape index (κ2) is 3.18. The van der Waals surface area contributed by atoms with Crippen LogP contribution >= 0.6 is 11.3 Å². The molecule has 17 heavy (non-hydrogen) atoms. The van der Waals surface area contributed by atoms with Crippen LogP contribution in [0.15, 0.2) is 24.3 Å². The highest BCUT2D eigenvalue weighted by molar-refractivity contribution is 7.26. The third-order valence-corrected chi connectivity index (χ3v) is 3.83. The molecule has 5 heteroatoms. The first-order chi connectivity index (χ1) is 8.09. The van der Waals surface area contributed by atoms with E-state index in [-0.39, 0.29) is 23.0 Å². The minimum Gasteiger partial charge on any atom is -0.504 e. The van der Waals surface area contributed by atoms with E-state index >= 15 is 0 Å². The molecule has 0 aliphatic carbocycles. The number of phenolic OH excluding ortho intramolecular Hbond substituents is 4. The Morgan fingerprint density at radius 1 is 0.647 bits per heavy atom. The number of phenols is 4. The van der Waals surface area contributed by atoms with E-state index in [1.165, 1.54) is 23.5 Å². The molecule has 4 nitrogen and oxygen atoms in total. The predicted octanol–water partition coefficient (Wildman–Crippen LogP) is 2.88. The lowest BCUT2D eigenvalue weighted by Gasteiger charge is -2.02. The Morgan fingerprint density at radius 3 is 1.47 bits per heavy atom. The van der Waals surface area contributed by atoms with Crippen LogP contribution in [-0.4, -0.2) is 20.4 Å². The molecular formula is C12H8O4S. The Morgan fingerprint density at radius 2 is 1.06 bits per heavy atom. The second-order valence-electron chi connectivity index (χ2n) is 3.71. The summed E-state index contributed by atoms with van der Waals surface area (Å²) < 4.78 is 1.47. The van der Waals surface area contributed by atoms with Crippen LogP contribution in [0.3, 0.4) is 0 Å². The molecule has 0 fully saturated rings. The molecule has 0 radical (unpaired) electrons. The van der Waals surface area contributed by atoms with Gasteiger partial charge in [-0.15, -0.1) is 11.3 Å². The smallest absolute Gasteiger partial charge is 0.167 e. The van der Waals surface area contributed by atoms with Crippen molar-refractivity contribution >= 4 is 31.5 Å². The van der Waals surface area contributed by atoms with E-state index in [0.29, 0.717) is 10.8 Å². The highest BCUT2D eigenvalue weighted by Crippen LogP contribution is 2.48. The fourth-order valence-corrected chi connectivity index (χ4v) is 3.01. The normalized spacial score (nSPS) is 11.3. The van der Waals surface area contributed by atoms with Gasteiger partial charge in [0, 0.05) is 20.2 Å². The number of benzene rings is 2. The maximum absolute atomic E-state index is 9.82. The van der Waals surface area contributed by atoms with Gasteiger partial charge in [-0.05, 0) is 24.3 Å². The number of thiophene rings is 1. The Bertz CT molecular complexity index is 683. The lowest BCUT2D eigenvalue weighted by molar-refractivity contribution is 0.405. The summed E-state index contributed by atoms with van der Waals surface area (Å²) in [6.45, 7) is 0. The van der Waals surface area contributed by atoms with Crippen LogP contribution < -0.4 is 0 Å². The van der Waals surface area contributed by atoms with Gasteiger partial charge in [-0.3, -0.25) is 0 Å². The van der Waals surface area contributed by atoms with Gasteiger partial charge in [0.15, 0.2) is 23.0 Å². The summed E-state index contributed by atoms with van der Waals surface area (Å²) in [5.41, 5.74) is 0. The van der Waals surface area contributed by atoms with Crippen molar-refractivity contribution in [1.82, 2.24) is 0 Å².